The van der Waals surface area contributed by atoms with Crippen LogP contribution in [0.15, 0.2) is 43.0 Å². The number of aliphatic carboxylic acids is 1. The molecule has 6 heteroatoms. The fraction of sp³-hybridized carbons (Fsp3) is 0.0667. The van der Waals surface area contributed by atoms with Crippen molar-refractivity contribution in [2.24, 2.45) is 0 Å². The summed E-state index contributed by atoms with van der Waals surface area (Å²) >= 11 is 0. The Morgan fingerprint density at radius 1 is 1.24 bits per heavy atom. The molecular formula is C15H13N3O3. The van der Waals surface area contributed by atoms with Gasteiger partial charge in [-0.2, -0.15) is 0 Å². The van der Waals surface area contributed by atoms with Crippen LogP contribution in [0.3, 0.4) is 0 Å². The van der Waals surface area contributed by atoms with Gasteiger partial charge in [0.05, 0.1) is 5.56 Å². The molecule has 1 heterocycles. The van der Waals surface area contributed by atoms with Crippen LogP contribution in [0.1, 0.15) is 21.5 Å². The van der Waals surface area contributed by atoms with Crippen LogP contribution in [0.5, 0.6) is 0 Å². The smallest absolute Gasteiger partial charge is 0.328 e. The van der Waals surface area contributed by atoms with E-state index in [0.717, 1.165) is 11.6 Å². The number of carbonyl (C=O) groups excluding carboxylic acids is 1. The number of anilines is 1. The number of carboxylic acid groups (broad SMARTS) is 1. The lowest BCUT2D eigenvalue weighted by molar-refractivity contribution is -0.131. The molecule has 0 spiro atoms. The number of hydrogen-bond acceptors (Lipinski definition) is 4. The highest BCUT2D eigenvalue weighted by Gasteiger charge is 2.08. The van der Waals surface area contributed by atoms with E-state index in [9.17, 15) is 9.59 Å². The van der Waals surface area contributed by atoms with Gasteiger partial charge in [-0.1, -0.05) is 12.1 Å². The Labute approximate surface area is 121 Å². The van der Waals surface area contributed by atoms with Crippen molar-refractivity contribution in [2.75, 3.05) is 5.32 Å². The Morgan fingerprint density at radius 2 is 1.95 bits per heavy atom. The predicted molar refractivity (Wildman–Crippen MR) is 77.8 cm³/mol. The standard InChI is InChI=1S/C15H13N3O3/c1-10-2-3-11(4-5-14(19)20)6-13(10)18-15(21)12-7-16-9-17-8-12/h2-9H,1H3,(H,18,21)(H,19,20)/b5-4+. The van der Waals surface area contributed by atoms with Crippen molar-refractivity contribution in [1.29, 1.82) is 0 Å². The molecule has 2 N–H and O–H groups in total. The van der Waals surface area contributed by atoms with E-state index in [0.29, 0.717) is 16.8 Å². The molecule has 0 aliphatic rings. The number of amides is 1. The SMILES string of the molecule is Cc1ccc(/C=C/C(=O)O)cc1NC(=O)c1cncnc1. The minimum Gasteiger partial charge on any atom is -0.478 e. The number of carbonyl (C=O) groups is 2. The van der Waals surface area contributed by atoms with E-state index < -0.39 is 5.97 Å². The van der Waals surface area contributed by atoms with Crippen molar-refractivity contribution >= 4 is 23.6 Å². The third kappa shape index (κ3) is 3.97. The van der Waals surface area contributed by atoms with Crippen LogP contribution in [0, 0.1) is 6.92 Å². The van der Waals surface area contributed by atoms with Gasteiger partial charge in [-0.25, -0.2) is 14.8 Å². The molecule has 1 amide bonds. The number of aromatic nitrogens is 2. The largest absolute Gasteiger partial charge is 0.478 e. The lowest BCUT2D eigenvalue weighted by Gasteiger charge is -2.09. The minimum absolute atomic E-state index is 0.321. The molecule has 2 aromatic rings. The number of aryl methyl sites for hydroxylation is 1. The van der Waals surface area contributed by atoms with Gasteiger partial charge in [-0.05, 0) is 30.2 Å². The Bertz CT molecular complexity index is 697. The number of nitrogens with zero attached hydrogens (tertiary/aromatic N) is 2. The quantitative estimate of drug-likeness (QED) is 0.839. The summed E-state index contributed by atoms with van der Waals surface area (Å²) in [7, 11) is 0. The first kappa shape index (κ1) is 14.4. The Kier molecular flexibility index (Phi) is 4.40. The molecule has 2 rings (SSSR count). The third-order valence-corrected chi connectivity index (χ3v) is 2.75. The van der Waals surface area contributed by atoms with Crippen molar-refractivity contribution in [3.63, 3.8) is 0 Å². The number of rotatable bonds is 4. The summed E-state index contributed by atoms with van der Waals surface area (Å²) in [6, 6.07) is 5.28. The van der Waals surface area contributed by atoms with Crippen molar-refractivity contribution in [2.45, 2.75) is 6.92 Å². The van der Waals surface area contributed by atoms with E-state index in [-0.39, 0.29) is 5.91 Å². The van der Waals surface area contributed by atoms with E-state index in [2.05, 4.69) is 15.3 Å². The van der Waals surface area contributed by atoms with Crippen molar-refractivity contribution in [1.82, 2.24) is 9.97 Å². The van der Waals surface area contributed by atoms with Crippen LogP contribution in [0.25, 0.3) is 6.08 Å². The van der Waals surface area contributed by atoms with E-state index >= 15 is 0 Å². The second-order valence-electron chi connectivity index (χ2n) is 4.33. The molecule has 0 fully saturated rings. The number of carboxylic acids is 1. The molecule has 0 aliphatic carbocycles. The molecule has 1 aromatic heterocycles. The first-order valence-corrected chi connectivity index (χ1v) is 6.14. The average Bonchev–Trinajstić information content (AvgIpc) is 2.48. The van der Waals surface area contributed by atoms with Crippen LogP contribution in [0.4, 0.5) is 5.69 Å². The second kappa shape index (κ2) is 6.42. The van der Waals surface area contributed by atoms with Crippen LogP contribution in [0.2, 0.25) is 0 Å². The van der Waals surface area contributed by atoms with Crippen LogP contribution < -0.4 is 5.32 Å². The zero-order valence-electron chi connectivity index (χ0n) is 11.3. The summed E-state index contributed by atoms with van der Waals surface area (Å²) in [4.78, 5) is 30.1. The Hall–Kier alpha value is -3.02. The first-order chi connectivity index (χ1) is 10.1. The molecule has 1 aromatic carbocycles. The summed E-state index contributed by atoms with van der Waals surface area (Å²) in [5.41, 5.74) is 2.51. The molecule has 0 atom stereocenters. The summed E-state index contributed by atoms with van der Waals surface area (Å²) in [6.45, 7) is 1.85. The van der Waals surface area contributed by atoms with Crippen LogP contribution in [-0.2, 0) is 4.79 Å². The van der Waals surface area contributed by atoms with Gasteiger partial charge < -0.3 is 10.4 Å². The molecular weight excluding hydrogens is 270 g/mol. The average molecular weight is 283 g/mol. The normalized spacial score (nSPS) is 10.5. The van der Waals surface area contributed by atoms with Gasteiger partial charge in [-0.3, -0.25) is 4.79 Å². The topological polar surface area (TPSA) is 92.2 Å². The maximum absolute atomic E-state index is 12.0. The minimum atomic E-state index is -1.03. The summed E-state index contributed by atoms with van der Waals surface area (Å²) in [5.74, 6) is -1.35. The first-order valence-electron chi connectivity index (χ1n) is 6.14. The lowest BCUT2D eigenvalue weighted by atomic mass is 10.1. The van der Waals surface area contributed by atoms with Crippen LogP contribution >= 0.6 is 0 Å². The van der Waals surface area contributed by atoms with E-state index in [1.807, 2.05) is 6.92 Å². The fourth-order valence-electron chi connectivity index (χ4n) is 1.66. The highest BCUT2D eigenvalue weighted by atomic mass is 16.4. The Morgan fingerprint density at radius 3 is 2.62 bits per heavy atom. The monoisotopic (exact) mass is 283 g/mol. The van der Waals surface area contributed by atoms with Gasteiger partial charge >= 0.3 is 5.97 Å². The third-order valence-electron chi connectivity index (χ3n) is 2.75. The maximum Gasteiger partial charge on any atom is 0.328 e. The molecule has 0 unspecified atom stereocenters. The van der Waals surface area contributed by atoms with Gasteiger partial charge in [0.15, 0.2) is 0 Å². The van der Waals surface area contributed by atoms with E-state index in [4.69, 9.17) is 5.11 Å². The van der Waals surface area contributed by atoms with Crippen molar-refractivity contribution in [3.05, 3.63) is 59.7 Å². The molecule has 0 saturated heterocycles. The maximum atomic E-state index is 12.0. The van der Waals surface area contributed by atoms with Gasteiger partial charge in [0, 0.05) is 24.2 Å². The van der Waals surface area contributed by atoms with Crippen molar-refractivity contribution < 1.29 is 14.7 Å². The van der Waals surface area contributed by atoms with Gasteiger partial charge in [0.25, 0.3) is 5.91 Å². The zero-order valence-corrected chi connectivity index (χ0v) is 11.3. The van der Waals surface area contributed by atoms with Crippen molar-refractivity contribution in [3.8, 4) is 0 Å². The molecule has 0 aliphatic heterocycles. The summed E-state index contributed by atoms with van der Waals surface area (Å²) in [5, 5.41) is 11.4. The number of benzene rings is 1. The van der Waals surface area contributed by atoms with E-state index in [1.165, 1.54) is 24.8 Å². The fourth-order valence-corrected chi connectivity index (χ4v) is 1.66. The lowest BCUT2D eigenvalue weighted by Crippen LogP contribution is -2.13. The zero-order chi connectivity index (χ0) is 15.2. The van der Waals surface area contributed by atoms with Crippen LogP contribution in [-0.4, -0.2) is 27.0 Å². The highest BCUT2D eigenvalue weighted by Crippen LogP contribution is 2.18. The summed E-state index contributed by atoms with van der Waals surface area (Å²) < 4.78 is 0. The second-order valence-corrected chi connectivity index (χ2v) is 4.33. The van der Waals surface area contributed by atoms with Gasteiger partial charge in [0.1, 0.15) is 6.33 Å². The molecule has 0 saturated carbocycles. The van der Waals surface area contributed by atoms with E-state index in [1.54, 1.807) is 18.2 Å². The molecule has 21 heavy (non-hydrogen) atoms. The molecule has 0 radical (unpaired) electrons. The predicted octanol–water partition coefficient (Wildman–Crippen LogP) is 2.14. The molecule has 106 valence electrons. The molecule has 6 nitrogen and oxygen atoms in total. The van der Waals surface area contributed by atoms with Gasteiger partial charge in [-0.15, -0.1) is 0 Å². The molecule has 0 bridgehead atoms. The number of hydrogen-bond donors (Lipinski definition) is 2. The highest BCUT2D eigenvalue weighted by molar-refractivity contribution is 6.04. The summed E-state index contributed by atoms with van der Waals surface area (Å²) in [6.07, 6.45) is 6.70. The van der Waals surface area contributed by atoms with Gasteiger partial charge in [0.2, 0.25) is 0 Å². The number of nitrogens with one attached hydrogen (secondary N) is 1. The Balaban J connectivity index is 2.21.